The van der Waals surface area contributed by atoms with E-state index >= 15 is 0 Å². The molecule has 21 heavy (non-hydrogen) atoms. The number of rotatable bonds is 2. The summed E-state index contributed by atoms with van der Waals surface area (Å²) >= 11 is 0. The lowest BCUT2D eigenvalue weighted by Crippen LogP contribution is -2.55. The van der Waals surface area contributed by atoms with Crippen molar-refractivity contribution in [3.05, 3.63) is 35.9 Å². The Morgan fingerprint density at radius 3 is 2.33 bits per heavy atom. The van der Waals surface area contributed by atoms with Gasteiger partial charge < -0.3 is 5.32 Å². The molecule has 1 saturated carbocycles. The summed E-state index contributed by atoms with van der Waals surface area (Å²) in [6, 6.07) is 13.0. The molecule has 1 aromatic rings. The predicted octanol–water partition coefficient (Wildman–Crippen LogP) is 4.13. The molecule has 0 aromatic heterocycles. The van der Waals surface area contributed by atoms with Crippen LogP contribution in [-0.4, -0.2) is 30.1 Å². The minimum Gasteiger partial charge on any atom is -0.307 e. The summed E-state index contributed by atoms with van der Waals surface area (Å²) in [6.45, 7) is 4.69. The number of nitrogens with one attached hydrogen (secondary N) is 1. The topological polar surface area (TPSA) is 15.3 Å². The predicted molar refractivity (Wildman–Crippen MR) is 89.5 cm³/mol. The zero-order valence-electron chi connectivity index (χ0n) is 13.4. The van der Waals surface area contributed by atoms with Crippen molar-refractivity contribution in [3.8, 4) is 0 Å². The zero-order chi connectivity index (χ0) is 14.5. The van der Waals surface area contributed by atoms with E-state index in [1.165, 1.54) is 57.1 Å². The first-order valence-corrected chi connectivity index (χ1v) is 8.88. The molecule has 2 atom stereocenters. The first-order chi connectivity index (χ1) is 10.3. The highest BCUT2D eigenvalue weighted by molar-refractivity contribution is 5.20. The molecule has 116 valence electrons. The van der Waals surface area contributed by atoms with Crippen LogP contribution in [0, 0.1) is 0 Å². The summed E-state index contributed by atoms with van der Waals surface area (Å²) in [5.41, 5.74) is 1.44. The Balaban J connectivity index is 1.67. The first kappa shape index (κ1) is 15.1. The smallest absolute Gasteiger partial charge is 0.0450 e. The third kappa shape index (κ3) is 3.87. The van der Waals surface area contributed by atoms with Crippen LogP contribution >= 0.6 is 0 Å². The van der Waals surface area contributed by atoms with Crippen LogP contribution < -0.4 is 5.32 Å². The fourth-order valence-corrected chi connectivity index (χ4v) is 4.07. The van der Waals surface area contributed by atoms with Crippen molar-refractivity contribution in [2.75, 3.05) is 13.1 Å². The van der Waals surface area contributed by atoms with Crippen LogP contribution in [0.2, 0.25) is 0 Å². The summed E-state index contributed by atoms with van der Waals surface area (Å²) in [7, 11) is 0. The van der Waals surface area contributed by atoms with Gasteiger partial charge in [-0.15, -0.1) is 0 Å². The molecule has 2 aliphatic rings. The molecule has 1 aliphatic carbocycles. The minimum atomic E-state index is 0.507. The van der Waals surface area contributed by atoms with Crippen molar-refractivity contribution in [1.29, 1.82) is 0 Å². The number of hydrogen-bond acceptors (Lipinski definition) is 2. The fraction of sp³-hybridized carbons (Fsp3) is 0.684. The van der Waals surface area contributed by atoms with Crippen LogP contribution in [0.4, 0.5) is 0 Å². The maximum atomic E-state index is 3.74. The number of nitrogens with zero attached hydrogens (tertiary/aromatic N) is 1. The van der Waals surface area contributed by atoms with Gasteiger partial charge in [-0.3, -0.25) is 4.90 Å². The van der Waals surface area contributed by atoms with Gasteiger partial charge in [0.15, 0.2) is 0 Å². The molecule has 2 fully saturated rings. The maximum Gasteiger partial charge on any atom is 0.0450 e. The Labute approximate surface area is 129 Å². The summed E-state index contributed by atoms with van der Waals surface area (Å²) in [5, 5.41) is 3.74. The summed E-state index contributed by atoms with van der Waals surface area (Å²) < 4.78 is 0. The molecule has 0 spiro atoms. The Morgan fingerprint density at radius 1 is 0.952 bits per heavy atom. The quantitative estimate of drug-likeness (QED) is 0.879. The van der Waals surface area contributed by atoms with E-state index in [1.54, 1.807) is 0 Å². The molecule has 0 amide bonds. The largest absolute Gasteiger partial charge is 0.307 e. The van der Waals surface area contributed by atoms with Gasteiger partial charge >= 0.3 is 0 Å². The molecule has 1 saturated heterocycles. The van der Waals surface area contributed by atoms with Gasteiger partial charge in [0.2, 0.25) is 0 Å². The van der Waals surface area contributed by atoms with Crippen molar-refractivity contribution < 1.29 is 0 Å². The van der Waals surface area contributed by atoms with E-state index < -0.39 is 0 Å². The molecule has 1 heterocycles. The molecule has 0 bridgehead atoms. The van der Waals surface area contributed by atoms with Crippen molar-refractivity contribution in [2.45, 2.75) is 70.0 Å². The van der Waals surface area contributed by atoms with Gasteiger partial charge in [0.1, 0.15) is 0 Å². The van der Waals surface area contributed by atoms with Crippen LogP contribution in [0.15, 0.2) is 30.3 Å². The molecule has 2 unspecified atom stereocenters. The molecular weight excluding hydrogens is 256 g/mol. The Kier molecular flexibility index (Phi) is 5.32. The molecule has 1 N–H and O–H groups in total. The molecular formula is C19H30N2. The van der Waals surface area contributed by atoms with Gasteiger partial charge in [0.25, 0.3) is 0 Å². The van der Waals surface area contributed by atoms with E-state index in [4.69, 9.17) is 0 Å². The molecule has 3 rings (SSSR count). The fourth-order valence-electron chi connectivity index (χ4n) is 4.07. The molecule has 1 aliphatic heterocycles. The Morgan fingerprint density at radius 2 is 1.62 bits per heavy atom. The highest BCUT2D eigenvalue weighted by Gasteiger charge is 2.30. The van der Waals surface area contributed by atoms with Gasteiger partial charge in [-0.1, -0.05) is 62.4 Å². The minimum absolute atomic E-state index is 0.507. The Bertz CT molecular complexity index is 409. The molecule has 1 aromatic carbocycles. The van der Waals surface area contributed by atoms with E-state index in [1.807, 2.05) is 0 Å². The lowest BCUT2D eigenvalue weighted by atomic mass is 9.92. The van der Waals surface area contributed by atoms with Gasteiger partial charge in [-0.25, -0.2) is 0 Å². The highest BCUT2D eigenvalue weighted by atomic mass is 15.2. The second-order valence-electron chi connectivity index (χ2n) is 6.92. The SMILES string of the molecule is CC1CNC(c2ccccc2)CN1C1CCCCCCC1. The number of piperazine rings is 1. The van der Waals surface area contributed by atoms with Crippen LogP contribution in [0.1, 0.15) is 63.5 Å². The normalized spacial score (nSPS) is 29.8. The van der Waals surface area contributed by atoms with E-state index in [0.717, 1.165) is 12.6 Å². The summed E-state index contributed by atoms with van der Waals surface area (Å²) in [5.74, 6) is 0. The second-order valence-corrected chi connectivity index (χ2v) is 6.92. The van der Waals surface area contributed by atoms with E-state index in [-0.39, 0.29) is 0 Å². The average Bonchev–Trinajstić information content (AvgIpc) is 2.49. The molecule has 2 nitrogen and oxygen atoms in total. The average molecular weight is 286 g/mol. The van der Waals surface area contributed by atoms with Gasteiger partial charge in [0, 0.05) is 31.2 Å². The van der Waals surface area contributed by atoms with Crippen molar-refractivity contribution in [3.63, 3.8) is 0 Å². The molecule has 0 radical (unpaired) electrons. The molecule has 2 heteroatoms. The van der Waals surface area contributed by atoms with Gasteiger partial charge in [-0.2, -0.15) is 0 Å². The van der Waals surface area contributed by atoms with Crippen LogP contribution in [0.25, 0.3) is 0 Å². The van der Waals surface area contributed by atoms with Crippen molar-refractivity contribution in [1.82, 2.24) is 10.2 Å². The first-order valence-electron chi connectivity index (χ1n) is 8.88. The van der Waals surface area contributed by atoms with Crippen molar-refractivity contribution in [2.24, 2.45) is 0 Å². The Hall–Kier alpha value is -0.860. The third-order valence-corrected chi connectivity index (χ3v) is 5.36. The maximum absolute atomic E-state index is 3.74. The van der Waals surface area contributed by atoms with Crippen LogP contribution in [0.3, 0.4) is 0 Å². The zero-order valence-corrected chi connectivity index (χ0v) is 13.4. The lowest BCUT2D eigenvalue weighted by Gasteiger charge is -2.44. The van der Waals surface area contributed by atoms with Crippen LogP contribution in [-0.2, 0) is 0 Å². The second kappa shape index (κ2) is 7.42. The van der Waals surface area contributed by atoms with E-state index in [9.17, 15) is 0 Å². The van der Waals surface area contributed by atoms with Crippen molar-refractivity contribution >= 4 is 0 Å². The number of hydrogen-bond donors (Lipinski definition) is 1. The monoisotopic (exact) mass is 286 g/mol. The van der Waals surface area contributed by atoms with Crippen LogP contribution in [0.5, 0.6) is 0 Å². The summed E-state index contributed by atoms with van der Waals surface area (Å²) in [4.78, 5) is 2.81. The van der Waals surface area contributed by atoms with Gasteiger partial charge in [-0.05, 0) is 25.3 Å². The third-order valence-electron chi connectivity index (χ3n) is 5.36. The number of benzene rings is 1. The van der Waals surface area contributed by atoms with E-state index in [0.29, 0.717) is 12.1 Å². The summed E-state index contributed by atoms with van der Waals surface area (Å²) in [6.07, 6.45) is 10.0. The highest BCUT2D eigenvalue weighted by Crippen LogP contribution is 2.27. The standard InChI is InChI=1S/C19H30N2/c1-16-14-20-19(17-10-6-5-7-11-17)15-21(16)18-12-8-3-2-4-9-13-18/h5-7,10-11,16,18-20H,2-4,8-9,12-15H2,1H3. The van der Waals surface area contributed by atoms with Gasteiger partial charge in [0.05, 0.1) is 0 Å². The van der Waals surface area contributed by atoms with E-state index in [2.05, 4.69) is 47.5 Å². The lowest BCUT2D eigenvalue weighted by molar-refractivity contribution is 0.0755.